The summed E-state index contributed by atoms with van der Waals surface area (Å²) in [5.41, 5.74) is 1.82. The second-order valence-electron chi connectivity index (χ2n) is 6.26. The summed E-state index contributed by atoms with van der Waals surface area (Å²) < 4.78 is 17.2. The molecule has 0 bridgehead atoms. The van der Waals surface area contributed by atoms with Gasteiger partial charge in [0.05, 0.1) is 5.02 Å². The fourth-order valence-electron chi connectivity index (χ4n) is 2.64. The number of halogens is 2. The predicted octanol–water partition coefficient (Wildman–Crippen LogP) is 6.72. The third-order valence-corrected chi connectivity index (χ3v) is 4.67. The molecule has 0 aliphatic carbocycles. The summed E-state index contributed by atoms with van der Waals surface area (Å²) >= 11 is 12.0. The summed E-state index contributed by atoms with van der Waals surface area (Å²) in [4.78, 5) is 0. The molecule has 0 aliphatic rings. The molecular weight excluding hydrogens is 411 g/mol. The van der Waals surface area contributed by atoms with E-state index < -0.39 is 0 Å². The van der Waals surface area contributed by atoms with Crippen molar-refractivity contribution in [2.45, 2.75) is 13.5 Å². The van der Waals surface area contributed by atoms with E-state index in [4.69, 9.17) is 37.1 Å². The van der Waals surface area contributed by atoms with E-state index >= 15 is 0 Å². The molecule has 1 heterocycles. The molecule has 1 aromatic heterocycles. The van der Waals surface area contributed by atoms with Gasteiger partial charge in [-0.25, -0.2) is 0 Å². The van der Waals surface area contributed by atoms with E-state index in [0.717, 1.165) is 16.9 Å². The van der Waals surface area contributed by atoms with Crippen LogP contribution in [0.4, 0.5) is 0 Å². The molecule has 0 amide bonds. The Morgan fingerprint density at radius 1 is 0.897 bits per heavy atom. The third-order valence-electron chi connectivity index (χ3n) is 4.13. The maximum atomic E-state index is 6.14. The molecule has 4 rings (SSSR count). The summed E-state index contributed by atoms with van der Waals surface area (Å²) in [5.74, 6) is 2.74. The van der Waals surface area contributed by atoms with E-state index in [1.54, 1.807) is 30.3 Å². The Hall–Kier alpha value is -3.02. The van der Waals surface area contributed by atoms with Crippen LogP contribution in [0.2, 0.25) is 10.0 Å². The smallest absolute Gasteiger partial charge is 0.254 e. The number of para-hydroxylation sites is 1. The number of aryl methyl sites for hydroxylation is 1. The molecule has 0 N–H and O–H groups in total. The average Bonchev–Trinajstić information content (AvgIpc) is 3.19. The lowest BCUT2D eigenvalue weighted by molar-refractivity contribution is 0.263. The van der Waals surface area contributed by atoms with Gasteiger partial charge in [0.1, 0.15) is 17.2 Å². The Kier molecular flexibility index (Phi) is 5.69. The summed E-state index contributed by atoms with van der Waals surface area (Å²) in [5, 5.41) is 9.12. The SMILES string of the molecule is Cc1ccccc1OCc1nnc(-c2ccc(Oc3ccc(Cl)cc3Cl)cc2)o1. The molecule has 4 aromatic rings. The van der Waals surface area contributed by atoms with Gasteiger partial charge in [-0.2, -0.15) is 0 Å². The van der Waals surface area contributed by atoms with Crippen LogP contribution in [0.15, 0.2) is 71.1 Å². The van der Waals surface area contributed by atoms with E-state index in [2.05, 4.69) is 10.2 Å². The number of rotatable bonds is 6. The van der Waals surface area contributed by atoms with Crippen molar-refractivity contribution in [3.63, 3.8) is 0 Å². The van der Waals surface area contributed by atoms with Crippen molar-refractivity contribution in [2.24, 2.45) is 0 Å². The molecule has 0 atom stereocenters. The summed E-state index contributed by atoms with van der Waals surface area (Å²) in [6.45, 7) is 2.18. The zero-order chi connectivity index (χ0) is 20.2. The lowest BCUT2D eigenvalue weighted by Gasteiger charge is -2.08. The summed E-state index contributed by atoms with van der Waals surface area (Å²) in [6.07, 6.45) is 0. The van der Waals surface area contributed by atoms with Crippen LogP contribution in [0.5, 0.6) is 17.2 Å². The molecular formula is C22H16Cl2N2O3. The van der Waals surface area contributed by atoms with Gasteiger partial charge in [0.25, 0.3) is 5.89 Å². The Morgan fingerprint density at radius 3 is 2.45 bits per heavy atom. The highest BCUT2D eigenvalue weighted by atomic mass is 35.5. The van der Waals surface area contributed by atoms with Gasteiger partial charge in [0, 0.05) is 10.6 Å². The van der Waals surface area contributed by atoms with Crippen molar-refractivity contribution in [3.8, 4) is 28.7 Å². The topological polar surface area (TPSA) is 57.4 Å². The highest BCUT2D eigenvalue weighted by Crippen LogP contribution is 2.32. The van der Waals surface area contributed by atoms with Crippen LogP contribution in [-0.4, -0.2) is 10.2 Å². The van der Waals surface area contributed by atoms with E-state index in [0.29, 0.717) is 33.3 Å². The second kappa shape index (κ2) is 8.55. The molecule has 0 saturated heterocycles. The van der Waals surface area contributed by atoms with Gasteiger partial charge in [-0.1, -0.05) is 41.4 Å². The third kappa shape index (κ3) is 4.70. The maximum Gasteiger partial charge on any atom is 0.254 e. The minimum absolute atomic E-state index is 0.202. The van der Waals surface area contributed by atoms with E-state index in [1.165, 1.54) is 0 Å². The Morgan fingerprint density at radius 2 is 1.69 bits per heavy atom. The van der Waals surface area contributed by atoms with Gasteiger partial charge in [-0.3, -0.25) is 0 Å². The minimum atomic E-state index is 0.202. The fraction of sp³-hybridized carbons (Fsp3) is 0.0909. The first-order valence-electron chi connectivity index (χ1n) is 8.82. The van der Waals surface area contributed by atoms with Gasteiger partial charge in [-0.05, 0) is 61.0 Å². The number of nitrogens with zero attached hydrogens (tertiary/aromatic N) is 2. The standard InChI is InChI=1S/C22H16Cl2N2O3/c1-14-4-2-3-5-19(14)27-13-21-25-26-22(29-21)15-6-9-17(10-7-15)28-20-11-8-16(23)12-18(20)24/h2-12H,13H2,1H3. The summed E-state index contributed by atoms with van der Waals surface area (Å²) in [6, 6.07) is 20.1. The highest BCUT2D eigenvalue weighted by Gasteiger charge is 2.11. The van der Waals surface area contributed by atoms with Crippen LogP contribution in [-0.2, 0) is 6.61 Å². The highest BCUT2D eigenvalue weighted by molar-refractivity contribution is 6.35. The molecule has 3 aromatic carbocycles. The van der Waals surface area contributed by atoms with E-state index in [-0.39, 0.29) is 6.61 Å². The van der Waals surface area contributed by atoms with Crippen molar-refractivity contribution in [3.05, 3.63) is 88.2 Å². The van der Waals surface area contributed by atoms with Gasteiger partial charge >= 0.3 is 0 Å². The van der Waals surface area contributed by atoms with Crippen LogP contribution < -0.4 is 9.47 Å². The zero-order valence-electron chi connectivity index (χ0n) is 15.4. The van der Waals surface area contributed by atoms with Crippen LogP contribution in [0.3, 0.4) is 0 Å². The van der Waals surface area contributed by atoms with Crippen molar-refractivity contribution in [1.29, 1.82) is 0 Å². The first-order chi connectivity index (χ1) is 14.1. The number of ether oxygens (including phenoxy) is 2. The van der Waals surface area contributed by atoms with Crippen molar-refractivity contribution >= 4 is 23.2 Å². The molecule has 0 aliphatic heterocycles. The second-order valence-corrected chi connectivity index (χ2v) is 7.10. The molecule has 0 radical (unpaired) electrons. The zero-order valence-corrected chi connectivity index (χ0v) is 16.9. The van der Waals surface area contributed by atoms with Crippen LogP contribution in [0.1, 0.15) is 11.5 Å². The first kappa shape index (κ1) is 19.3. The van der Waals surface area contributed by atoms with Gasteiger partial charge < -0.3 is 13.9 Å². The van der Waals surface area contributed by atoms with E-state index in [9.17, 15) is 0 Å². The van der Waals surface area contributed by atoms with Gasteiger partial charge in [-0.15, -0.1) is 10.2 Å². The molecule has 0 unspecified atom stereocenters. The van der Waals surface area contributed by atoms with Crippen molar-refractivity contribution in [2.75, 3.05) is 0 Å². The number of benzene rings is 3. The lowest BCUT2D eigenvalue weighted by atomic mass is 10.2. The van der Waals surface area contributed by atoms with Gasteiger partial charge in [0.15, 0.2) is 6.61 Å². The molecule has 5 nitrogen and oxygen atoms in total. The lowest BCUT2D eigenvalue weighted by Crippen LogP contribution is -1.97. The quantitative estimate of drug-likeness (QED) is 0.342. The largest absolute Gasteiger partial charge is 0.484 e. The Balaban J connectivity index is 1.42. The van der Waals surface area contributed by atoms with Crippen LogP contribution in [0.25, 0.3) is 11.5 Å². The number of aromatic nitrogens is 2. The van der Waals surface area contributed by atoms with Crippen molar-refractivity contribution in [1.82, 2.24) is 10.2 Å². The van der Waals surface area contributed by atoms with Crippen LogP contribution in [0, 0.1) is 6.92 Å². The number of hydrogen-bond acceptors (Lipinski definition) is 5. The Labute approximate surface area is 177 Å². The molecule has 146 valence electrons. The monoisotopic (exact) mass is 426 g/mol. The molecule has 29 heavy (non-hydrogen) atoms. The molecule has 7 heteroatoms. The van der Waals surface area contributed by atoms with Gasteiger partial charge in [0.2, 0.25) is 5.89 Å². The fourth-order valence-corrected chi connectivity index (χ4v) is 3.08. The molecule has 0 spiro atoms. The Bertz CT molecular complexity index is 1130. The molecule has 0 saturated carbocycles. The number of hydrogen-bond donors (Lipinski definition) is 0. The normalized spacial score (nSPS) is 10.7. The summed E-state index contributed by atoms with van der Waals surface area (Å²) in [7, 11) is 0. The molecule has 0 fully saturated rings. The van der Waals surface area contributed by atoms with E-state index in [1.807, 2.05) is 43.3 Å². The average molecular weight is 427 g/mol. The van der Waals surface area contributed by atoms with Crippen molar-refractivity contribution < 1.29 is 13.9 Å². The first-order valence-corrected chi connectivity index (χ1v) is 9.58. The minimum Gasteiger partial charge on any atom is -0.484 e. The maximum absolute atomic E-state index is 6.14. The van der Waals surface area contributed by atoms with Crippen LogP contribution >= 0.6 is 23.2 Å². The predicted molar refractivity (Wildman–Crippen MR) is 112 cm³/mol.